The number of anilines is 1. The third kappa shape index (κ3) is 4.80. The van der Waals surface area contributed by atoms with Gasteiger partial charge in [0.2, 0.25) is 5.95 Å². The quantitative estimate of drug-likeness (QED) is 0.430. The van der Waals surface area contributed by atoms with Gasteiger partial charge in [-0.05, 0) is 47.5 Å². The predicted octanol–water partition coefficient (Wildman–Crippen LogP) is 3.89. The minimum absolute atomic E-state index is 0.530. The van der Waals surface area contributed by atoms with Crippen molar-refractivity contribution in [2.75, 3.05) is 26.6 Å². The van der Waals surface area contributed by atoms with Gasteiger partial charge in [-0.3, -0.25) is 0 Å². The third-order valence-electron chi connectivity index (χ3n) is 4.96. The predicted molar refractivity (Wildman–Crippen MR) is 122 cm³/mol. The van der Waals surface area contributed by atoms with Gasteiger partial charge in [-0.25, -0.2) is 4.98 Å². The molecule has 0 atom stereocenters. The van der Waals surface area contributed by atoms with Crippen LogP contribution >= 0.6 is 0 Å². The first kappa shape index (κ1) is 21.2. The Bertz CT molecular complexity index is 1160. The van der Waals surface area contributed by atoms with Crippen LogP contribution in [0.25, 0.3) is 5.82 Å². The number of nitrogens with zero attached hydrogens (tertiary/aromatic N) is 4. The molecular weight excluding hydrogens is 406 g/mol. The van der Waals surface area contributed by atoms with Gasteiger partial charge in [0.1, 0.15) is 11.6 Å². The Hall–Kier alpha value is -4.07. The van der Waals surface area contributed by atoms with Gasteiger partial charge in [-0.15, -0.1) is 5.10 Å². The smallest absolute Gasteiger partial charge is 0.243 e. The molecule has 0 spiro atoms. The second-order valence-electron chi connectivity index (χ2n) is 7.02. The van der Waals surface area contributed by atoms with Crippen molar-refractivity contribution < 1.29 is 14.2 Å². The summed E-state index contributed by atoms with van der Waals surface area (Å²) in [6.07, 6.45) is 2.29. The number of methoxy groups -OCH3 is 3. The summed E-state index contributed by atoms with van der Waals surface area (Å²) >= 11 is 0. The lowest BCUT2D eigenvalue weighted by atomic mass is 10.1. The molecule has 0 radical (unpaired) electrons. The Morgan fingerprint density at radius 3 is 2.31 bits per heavy atom. The summed E-state index contributed by atoms with van der Waals surface area (Å²) in [7, 11) is 4.90. The molecule has 0 amide bonds. The van der Waals surface area contributed by atoms with Gasteiger partial charge in [0.05, 0.1) is 21.3 Å². The third-order valence-corrected chi connectivity index (χ3v) is 4.96. The summed E-state index contributed by atoms with van der Waals surface area (Å²) < 4.78 is 17.8. The van der Waals surface area contributed by atoms with Crippen LogP contribution in [0.5, 0.6) is 17.2 Å². The summed E-state index contributed by atoms with van der Waals surface area (Å²) in [5, 5.41) is 7.95. The number of pyridine rings is 1. The number of hydrogen-bond acceptors (Lipinski definition) is 7. The minimum Gasteiger partial charge on any atom is -0.497 e. The topological polar surface area (TPSA) is 83.3 Å². The molecule has 2 aromatic carbocycles. The van der Waals surface area contributed by atoms with E-state index < -0.39 is 0 Å². The zero-order valence-electron chi connectivity index (χ0n) is 18.3. The molecule has 2 aromatic heterocycles. The van der Waals surface area contributed by atoms with E-state index in [0.29, 0.717) is 36.2 Å². The molecule has 1 N–H and O–H groups in total. The Morgan fingerprint density at radius 2 is 1.62 bits per heavy atom. The lowest BCUT2D eigenvalue weighted by Crippen LogP contribution is -2.06. The standard InChI is InChI=1S/C24H25N5O3/c1-30-19-10-7-17(8-11-19)16-26-24-27-23(29(28-24)22-6-4-5-13-25-22)15-18-9-12-20(31-2)21(14-18)32-3/h4-14H,15-16H2,1-3H3,(H,26,28). The molecule has 8 nitrogen and oxygen atoms in total. The molecule has 0 aliphatic rings. The van der Waals surface area contributed by atoms with Crippen LogP contribution in [0.1, 0.15) is 17.0 Å². The van der Waals surface area contributed by atoms with Crippen molar-refractivity contribution in [2.24, 2.45) is 0 Å². The van der Waals surface area contributed by atoms with E-state index in [2.05, 4.69) is 15.4 Å². The summed E-state index contributed by atoms with van der Waals surface area (Å²) in [5.74, 6) is 4.17. The first-order valence-corrected chi connectivity index (χ1v) is 10.1. The normalized spacial score (nSPS) is 10.6. The zero-order chi connectivity index (χ0) is 22.3. The highest BCUT2D eigenvalue weighted by atomic mass is 16.5. The van der Waals surface area contributed by atoms with E-state index in [1.807, 2.05) is 60.7 Å². The van der Waals surface area contributed by atoms with Crippen molar-refractivity contribution in [3.63, 3.8) is 0 Å². The van der Waals surface area contributed by atoms with Crippen molar-refractivity contribution in [2.45, 2.75) is 13.0 Å². The molecule has 0 fully saturated rings. The molecule has 2 heterocycles. The summed E-state index contributed by atoms with van der Waals surface area (Å²) in [5.41, 5.74) is 2.12. The Kier molecular flexibility index (Phi) is 6.50. The van der Waals surface area contributed by atoms with Gasteiger partial charge < -0.3 is 19.5 Å². The highest BCUT2D eigenvalue weighted by molar-refractivity contribution is 5.44. The van der Waals surface area contributed by atoms with E-state index >= 15 is 0 Å². The molecule has 8 heteroatoms. The zero-order valence-corrected chi connectivity index (χ0v) is 18.3. The van der Waals surface area contributed by atoms with Crippen LogP contribution in [0, 0.1) is 0 Å². The van der Waals surface area contributed by atoms with Crippen LogP contribution in [-0.4, -0.2) is 41.1 Å². The maximum Gasteiger partial charge on any atom is 0.243 e. The molecular formula is C24H25N5O3. The van der Waals surface area contributed by atoms with E-state index in [1.54, 1.807) is 32.2 Å². The Morgan fingerprint density at radius 1 is 0.844 bits per heavy atom. The lowest BCUT2D eigenvalue weighted by Gasteiger charge is -2.09. The Labute approximate surface area is 186 Å². The second kappa shape index (κ2) is 9.82. The largest absolute Gasteiger partial charge is 0.497 e. The fourth-order valence-electron chi connectivity index (χ4n) is 3.29. The average Bonchev–Trinajstić information content (AvgIpc) is 3.26. The van der Waals surface area contributed by atoms with Crippen molar-refractivity contribution in [3.8, 4) is 23.1 Å². The van der Waals surface area contributed by atoms with Crippen LogP contribution < -0.4 is 19.5 Å². The highest BCUT2D eigenvalue weighted by Crippen LogP contribution is 2.28. The SMILES string of the molecule is COc1ccc(CNc2nc(Cc3ccc(OC)c(OC)c3)n(-c3ccccn3)n2)cc1. The molecule has 0 bridgehead atoms. The maximum absolute atomic E-state index is 5.44. The molecule has 164 valence electrons. The van der Waals surface area contributed by atoms with Crippen molar-refractivity contribution in [1.82, 2.24) is 19.7 Å². The Balaban J connectivity index is 1.59. The lowest BCUT2D eigenvalue weighted by molar-refractivity contribution is 0.354. The second-order valence-corrected chi connectivity index (χ2v) is 7.02. The van der Waals surface area contributed by atoms with E-state index in [4.69, 9.17) is 19.2 Å². The number of hydrogen-bond donors (Lipinski definition) is 1. The number of nitrogens with one attached hydrogen (secondary N) is 1. The maximum atomic E-state index is 5.44. The number of benzene rings is 2. The minimum atomic E-state index is 0.530. The summed E-state index contributed by atoms with van der Waals surface area (Å²) in [6.45, 7) is 0.589. The van der Waals surface area contributed by atoms with Crippen molar-refractivity contribution >= 4 is 5.95 Å². The first-order valence-electron chi connectivity index (χ1n) is 10.1. The van der Waals surface area contributed by atoms with Crippen molar-refractivity contribution in [3.05, 3.63) is 83.8 Å². The molecule has 4 rings (SSSR count). The van der Waals surface area contributed by atoms with Gasteiger partial charge in [-0.1, -0.05) is 24.3 Å². The first-order chi connectivity index (χ1) is 15.7. The van der Waals surface area contributed by atoms with Gasteiger partial charge in [-0.2, -0.15) is 9.67 Å². The van der Waals surface area contributed by atoms with Crippen molar-refractivity contribution in [1.29, 1.82) is 0 Å². The van der Waals surface area contributed by atoms with Gasteiger partial charge >= 0.3 is 0 Å². The highest BCUT2D eigenvalue weighted by Gasteiger charge is 2.14. The molecule has 0 aliphatic carbocycles. The molecule has 32 heavy (non-hydrogen) atoms. The fraction of sp³-hybridized carbons (Fsp3) is 0.208. The molecule has 0 aliphatic heterocycles. The van der Waals surface area contributed by atoms with E-state index in [1.165, 1.54) is 0 Å². The van der Waals surface area contributed by atoms with E-state index in [-0.39, 0.29) is 0 Å². The van der Waals surface area contributed by atoms with Crippen LogP contribution in [-0.2, 0) is 13.0 Å². The summed E-state index contributed by atoms with van der Waals surface area (Å²) in [4.78, 5) is 9.17. The molecule has 4 aromatic rings. The fourth-order valence-corrected chi connectivity index (χ4v) is 3.29. The van der Waals surface area contributed by atoms with Crippen LogP contribution in [0.4, 0.5) is 5.95 Å². The van der Waals surface area contributed by atoms with Crippen LogP contribution in [0.15, 0.2) is 66.9 Å². The van der Waals surface area contributed by atoms with Gasteiger partial charge in [0.25, 0.3) is 0 Å². The van der Waals surface area contributed by atoms with E-state index in [0.717, 1.165) is 22.7 Å². The van der Waals surface area contributed by atoms with Gasteiger partial charge in [0.15, 0.2) is 17.3 Å². The number of ether oxygens (including phenoxy) is 3. The molecule has 0 unspecified atom stereocenters. The summed E-state index contributed by atoms with van der Waals surface area (Å²) in [6, 6.07) is 19.4. The monoisotopic (exact) mass is 431 g/mol. The van der Waals surface area contributed by atoms with E-state index in [9.17, 15) is 0 Å². The van der Waals surface area contributed by atoms with Crippen LogP contribution in [0.3, 0.4) is 0 Å². The number of aromatic nitrogens is 4. The molecule has 0 saturated carbocycles. The van der Waals surface area contributed by atoms with Crippen LogP contribution in [0.2, 0.25) is 0 Å². The van der Waals surface area contributed by atoms with Gasteiger partial charge in [0, 0.05) is 19.2 Å². The number of rotatable bonds is 9. The average molecular weight is 431 g/mol. The molecule has 0 saturated heterocycles.